The third-order valence-electron chi connectivity index (χ3n) is 3.62. The molecule has 0 spiro atoms. The molecule has 0 aliphatic rings. The molecule has 10 heteroatoms. The smallest absolute Gasteiger partial charge is 0.264 e. The Bertz CT molecular complexity index is 1050. The van der Waals surface area contributed by atoms with Crippen LogP contribution in [0.5, 0.6) is 0 Å². The molecule has 0 atom stereocenters. The van der Waals surface area contributed by atoms with Gasteiger partial charge < -0.3 is 0 Å². The molecule has 0 saturated carbocycles. The zero-order valence-corrected chi connectivity index (χ0v) is 15.9. The van der Waals surface area contributed by atoms with Gasteiger partial charge in [-0.15, -0.1) is 11.3 Å². The second kappa shape index (κ2) is 7.59. The maximum Gasteiger partial charge on any atom is 0.417 e. The van der Waals surface area contributed by atoms with Crippen LogP contribution >= 0.6 is 22.9 Å². The van der Waals surface area contributed by atoms with Gasteiger partial charge in [0.15, 0.2) is 0 Å². The molecule has 1 aromatic carbocycles. The standard InChI is InChI=1S/C17H12ClF3N2O2S2/c18-15-4-3-13(7-14(15)17(19,20)21)27(24,25)23-9-11-6-12(10-22-8-11)16-2-1-5-26-16/h1-8,10,23H,9H2. The summed E-state index contributed by atoms with van der Waals surface area (Å²) >= 11 is 7.04. The maximum atomic E-state index is 12.9. The van der Waals surface area contributed by atoms with Crippen molar-refractivity contribution in [1.82, 2.24) is 9.71 Å². The van der Waals surface area contributed by atoms with E-state index < -0.39 is 31.7 Å². The first-order valence-corrected chi connectivity index (χ1v) is 10.2. The van der Waals surface area contributed by atoms with Crippen molar-refractivity contribution in [2.75, 3.05) is 0 Å². The molecule has 0 unspecified atom stereocenters. The highest BCUT2D eigenvalue weighted by atomic mass is 35.5. The fraction of sp³-hybridized carbons (Fsp3) is 0.118. The van der Waals surface area contributed by atoms with Gasteiger partial charge >= 0.3 is 6.18 Å². The first kappa shape index (κ1) is 19.8. The normalized spacial score (nSPS) is 12.3. The van der Waals surface area contributed by atoms with Crippen molar-refractivity contribution in [2.45, 2.75) is 17.6 Å². The Morgan fingerprint density at radius 3 is 2.59 bits per heavy atom. The van der Waals surface area contributed by atoms with E-state index in [1.165, 1.54) is 17.5 Å². The van der Waals surface area contributed by atoms with E-state index in [0.29, 0.717) is 11.6 Å². The molecule has 142 valence electrons. The number of alkyl halides is 3. The number of thiophene rings is 1. The van der Waals surface area contributed by atoms with Crippen LogP contribution in [0.2, 0.25) is 5.02 Å². The summed E-state index contributed by atoms with van der Waals surface area (Å²) in [6, 6.07) is 8.02. The number of rotatable bonds is 5. The van der Waals surface area contributed by atoms with Crippen LogP contribution in [0.1, 0.15) is 11.1 Å². The van der Waals surface area contributed by atoms with E-state index in [1.807, 2.05) is 17.5 Å². The molecular weight excluding hydrogens is 421 g/mol. The molecular formula is C17H12ClF3N2O2S2. The molecule has 0 bridgehead atoms. The molecule has 0 saturated heterocycles. The Morgan fingerprint density at radius 1 is 1.15 bits per heavy atom. The number of nitrogens with zero attached hydrogens (tertiary/aromatic N) is 1. The van der Waals surface area contributed by atoms with E-state index in [0.717, 1.165) is 22.6 Å². The predicted octanol–water partition coefficient (Wildman–Crippen LogP) is 4.96. The summed E-state index contributed by atoms with van der Waals surface area (Å²) in [5.41, 5.74) is 0.204. The van der Waals surface area contributed by atoms with Gasteiger partial charge in [0.1, 0.15) is 0 Å². The quantitative estimate of drug-likeness (QED) is 0.619. The van der Waals surface area contributed by atoms with Gasteiger partial charge in [-0.3, -0.25) is 4.98 Å². The number of benzene rings is 1. The molecule has 0 radical (unpaired) electrons. The number of hydrogen-bond donors (Lipinski definition) is 1. The fourth-order valence-electron chi connectivity index (χ4n) is 2.31. The molecule has 0 fully saturated rings. The van der Waals surface area contributed by atoms with Crippen molar-refractivity contribution < 1.29 is 21.6 Å². The van der Waals surface area contributed by atoms with Crippen LogP contribution in [0.25, 0.3) is 10.4 Å². The second-order valence-electron chi connectivity index (χ2n) is 5.52. The number of sulfonamides is 1. The molecule has 2 heterocycles. The highest BCUT2D eigenvalue weighted by Crippen LogP contribution is 2.36. The van der Waals surface area contributed by atoms with Gasteiger partial charge in [0.25, 0.3) is 0 Å². The predicted molar refractivity (Wildman–Crippen MR) is 98.0 cm³/mol. The summed E-state index contributed by atoms with van der Waals surface area (Å²) < 4.78 is 65.8. The Hall–Kier alpha value is -1.94. The van der Waals surface area contributed by atoms with Gasteiger partial charge in [-0.2, -0.15) is 13.2 Å². The van der Waals surface area contributed by atoms with Crippen molar-refractivity contribution in [3.63, 3.8) is 0 Å². The second-order valence-corrected chi connectivity index (χ2v) is 8.64. The summed E-state index contributed by atoms with van der Waals surface area (Å²) in [7, 11) is -4.16. The topological polar surface area (TPSA) is 59.1 Å². The molecule has 0 amide bonds. The van der Waals surface area contributed by atoms with E-state index in [2.05, 4.69) is 9.71 Å². The average molecular weight is 433 g/mol. The van der Waals surface area contributed by atoms with Crippen LogP contribution in [0, 0.1) is 0 Å². The van der Waals surface area contributed by atoms with E-state index in [9.17, 15) is 21.6 Å². The first-order chi connectivity index (χ1) is 12.7. The summed E-state index contributed by atoms with van der Waals surface area (Å²) in [4.78, 5) is 4.54. The van der Waals surface area contributed by atoms with Crippen LogP contribution in [0.3, 0.4) is 0 Å². The molecule has 2 aromatic heterocycles. The lowest BCUT2D eigenvalue weighted by Crippen LogP contribution is -2.24. The average Bonchev–Trinajstić information content (AvgIpc) is 3.14. The highest BCUT2D eigenvalue weighted by Gasteiger charge is 2.34. The third-order valence-corrected chi connectivity index (χ3v) is 6.27. The molecule has 3 rings (SSSR count). The van der Waals surface area contributed by atoms with Crippen LogP contribution in [0.15, 0.2) is 59.1 Å². The van der Waals surface area contributed by atoms with Gasteiger partial charge in [0, 0.05) is 29.4 Å². The zero-order valence-electron chi connectivity index (χ0n) is 13.5. The van der Waals surface area contributed by atoms with Crippen LogP contribution in [-0.4, -0.2) is 13.4 Å². The van der Waals surface area contributed by atoms with Crippen molar-refractivity contribution in [2.24, 2.45) is 0 Å². The monoisotopic (exact) mass is 432 g/mol. The van der Waals surface area contributed by atoms with Crippen LogP contribution in [-0.2, 0) is 22.7 Å². The first-order valence-electron chi connectivity index (χ1n) is 7.51. The van der Waals surface area contributed by atoms with Gasteiger partial charge in [-0.05, 0) is 41.3 Å². The van der Waals surface area contributed by atoms with Crippen LogP contribution in [0.4, 0.5) is 13.2 Å². The van der Waals surface area contributed by atoms with E-state index >= 15 is 0 Å². The lowest BCUT2D eigenvalue weighted by Gasteiger charge is -2.12. The SMILES string of the molecule is O=S(=O)(NCc1cncc(-c2cccs2)c1)c1ccc(Cl)c(C(F)(F)F)c1. The zero-order chi connectivity index (χ0) is 19.7. The molecule has 0 aliphatic heterocycles. The maximum absolute atomic E-state index is 12.9. The van der Waals surface area contributed by atoms with E-state index in [4.69, 9.17) is 11.6 Å². The lowest BCUT2D eigenvalue weighted by atomic mass is 10.2. The molecule has 3 aromatic rings. The number of nitrogens with one attached hydrogen (secondary N) is 1. The minimum Gasteiger partial charge on any atom is -0.264 e. The van der Waals surface area contributed by atoms with Gasteiger partial charge in [-0.1, -0.05) is 17.7 Å². The Balaban J connectivity index is 1.81. The summed E-state index contributed by atoms with van der Waals surface area (Å²) in [5.74, 6) is 0. The minimum atomic E-state index is -4.75. The number of aromatic nitrogens is 1. The van der Waals surface area contributed by atoms with E-state index in [-0.39, 0.29) is 6.54 Å². The summed E-state index contributed by atoms with van der Waals surface area (Å²) in [6.07, 6.45) is -1.61. The summed E-state index contributed by atoms with van der Waals surface area (Å²) in [6.45, 7) is -0.113. The van der Waals surface area contributed by atoms with Gasteiger partial charge in [0.2, 0.25) is 10.0 Å². The number of halogens is 4. The van der Waals surface area contributed by atoms with Crippen molar-refractivity contribution in [3.05, 3.63) is 70.3 Å². The van der Waals surface area contributed by atoms with Crippen molar-refractivity contribution >= 4 is 33.0 Å². The fourth-order valence-corrected chi connectivity index (χ4v) is 4.29. The Labute approximate surface area is 162 Å². The van der Waals surface area contributed by atoms with Crippen molar-refractivity contribution in [1.29, 1.82) is 0 Å². The van der Waals surface area contributed by atoms with Crippen LogP contribution < -0.4 is 4.72 Å². The van der Waals surface area contributed by atoms with Gasteiger partial charge in [0.05, 0.1) is 15.5 Å². The largest absolute Gasteiger partial charge is 0.417 e. The lowest BCUT2D eigenvalue weighted by molar-refractivity contribution is -0.137. The Morgan fingerprint density at radius 2 is 1.93 bits per heavy atom. The van der Waals surface area contributed by atoms with Gasteiger partial charge in [-0.25, -0.2) is 13.1 Å². The third kappa shape index (κ3) is 4.67. The molecule has 27 heavy (non-hydrogen) atoms. The van der Waals surface area contributed by atoms with Crippen molar-refractivity contribution in [3.8, 4) is 10.4 Å². The Kier molecular flexibility index (Phi) is 5.57. The number of pyridine rings is 1. The summed E-state index contributed by atoms with van der Waals surface area (Å²) in [5, 5.41) is 1.35. The highest BCUT2D eigenvalue weighted by molar-refractivity contribution is 7.89. The minimum absolute atomic E-state index is 0.113. The van der Waals surface area contributed by atoms with E-state index in [1.54, 1.807) is 12.3 Å². The molecule has 1 N–H and O–H groups in total. The molecule has 0 aliphatic carbocycles. The molecule has 4 nitrogen and oxygen atoms in total. The number of hydrogen-bond acceptors (Lipinski definition) is 4.